The quantitative estimate of drug-likeness (QED) is 0.0780. The Bertz CT molecular complexity index is 841. The minimum Gasteiger partial charge on any atom is -0.493 e. The molecule has 0 unspecified atom stereocenters. The molecule has 2 N–H and O–H groups in total. The number of benzene rings is 1. The van der Waals surface area contributed by atoms with Crippen molar-refractivity contribution < 1.29 is 14.3 Å². The molecule has 0 saturated carbocycles. The van der Waals surface area contributed by atoms with Crippen molar-refractivity contribution >= 4 is 11.8 Å². The Kier molecular flexibility index (Phi) is 27.9. The highest BCUT2D eigenvalue weighted by molar-refractivity contribution is 6.00. The summed E-state index contributed by atoms with van der Waals surface area (Å²) >= 11 is 0. The molecule has 0 heterocycles. The summed E-state index contributed by atoms with van der Waals surface area (Å²) in [5, 5.41) is 6.10. The smallest absolute Gasteiger partial charge is 0.255 e. The first kappa shape index (κ1) is 41.0. The largest absolute Gasteiger partial charge is 0.493 e. The van der Waals surface area contributed by atoms with E-state index in [0.717, 1.165) is 38.5 Å². The summed E-state index contributed by atoms with van der Waals surface area (Å²) in [6.45, 7) is 8.61. The monoisotopic (exact) mass is 629 g/mol. The normalized spacial score (nSPS) is 11.1. The van der Waals surface area contributed by atoms with Gasteiger partial charge in [-0.3, -0.25) is 9.59 Å². The Hall–Kier alpha value is -2.04. The SMILES string of the molecule is CCCCCCCCCCCCCCCCCCOc1cc(C(=O)NCCCCCCC)ccc1C(=O)NCCCCCCC. The van der Waals surface area contributed by atoms with Crippen LogP contribution >= 0.6 is 0 Å². The average molecular weight is 629 g/mol. The molecule has 0 fully saturated rings. The number of hydrogen-bond acceptors (Lipinski definition) is 3. The molecule has 2 amide bonds. The fraction of sp³-hybridized carbons (Fsp3) is 0.800. The number of rotatable bonds is 32. The molecule has 0 aliphatic rings. The molecule has 0 aromatic heterocycles. The molecule has 0 bridgehead atoms. The van der Waals surface area contributed by atoms with E-state index in [2.05, 4.69) is 31.4 Å². The van der Waals surface area contributed by atoms with Crippen molar-refractivity contribution in [2.45, 2.75) is 188 Å². The maximum atomic E-state index is 13.0. The zero-order valence-electron chi connectivity index (χ0n) is 30.0. The highest BCUT2D eigenvalue weighted by Crippen LogP contribution is 2.22. The molecule has 1 aromatic carbocycles. The maximum absolute atomic E-state index is 13.0. The summed E-state index contributed by atoms with van der Waals surface area (Å²) in [5.74, 6) is 0.311. The third-order valence-electron chi connectivity index (χ3n) is 8.88. The Morgan fingerprint density at radius 2 is 0.867 bits per heavy atom. The molecule has 1 rings (SSSR count). The van der Waals surface area contributed by atoms with Crippen LogP contribution in [0.25, 0.3) is 0 Å². The summed E-state index contributed by atoms with van der Waals surface area (Å²) in [6.07, 6.45) is 32.9. The van der Waals surface area contributed by atoms with Gasteiger partial charge in [0.1, 0.15) is 5.75 Å². The molecule has 0 aliphatic carbocycles. The minimum absolute atomic E-state index is 0.0966. The van der Waals surface area contributed by atoms with Gasteiger partial charge in [-0.25, -0.2) is 0 Å². The standard InChI is InChI=1S/C40H72N2O3/c1-4-7-10-13-14-15-16-17-18-19-20-21-22-23-26-29-34-45-38-35-36(39(43)41-32-27-24-11-8-5-2)30-31-37(38)40(44)42-33-28-25-12-9-6-3/h30-31,35H,4-29,32-34H2,1-3H3,(H,41,43)(H,42,44). The van der Waals surface area contributed by atoms with Gasteiger partial charge in [-0.1, -0.05) is 168 Å². The van der Waals surface area contributed by atoms with Gasteiger partial charge in [0.25, 0.3) is 11.8 Å². The Morgan fingerprint density at radius 1 is 0.489 bits per heavy atom. The molecule has 0 spiro atoms. The lowest BCUT2D eigenvalue weighted by molar-refractivity contribution is 0.0937. The van der Waals surface area contributed by atoms with Gasteiger partial charge in [-0.05, 0) is 37.5 Å². The summed E-state index contributed by atoms with van der Waals surface area (Å²) in [7, 11) is 0. The lowest BCUT2D eigenvalue weighted by Gasteiger charge is -2.14. The Labute approximate surface area is 278 Å². The second kappa shape index (κ2) is 30.6. The van der Waals surface area contributed by atoms with Crippen molar-refractivity contribution in [2.75, 3.05) is 19.7 Å². The van der Waals surface area contributed by atoms with Gasteiger partial charge in [-0.2, -0.15) is 0 Å². The number of ether oxygens (including phenoxy) is 1. The number of carbonyl (C=O) groups excluding carboxylic acids is 2. The van der Waals surface area contributed by atoms with E-state index in [1.54, 1.807) is 18.2 Å². The molecule has 0 aliphatic heterocycles. The van der Waals surface area contributed by atoms with Crippen LogP contribution in [0.4, 0.5) is 0 Å². The molecular weight excluding hydrogens is 556 g/mol. The Morgan fingerprint density at radius 3 is 1.31 bits per heavy atom. The predicted octanol–water partition coefficient (Wildman–Crippen LogP) is 11.7. The molecule has 0 radical (unpaired) electrons. The zero-order chi connectivity index (χ0) is 32.6. The van der Waals surface area contributed by atoms with Crippen molar-refractivity contribution in [3.8, 4) is 5.75 Å². The number of carbonyl (C=O) groups is 2. The van der Waals surface area contributed by atoms with E-state index in [-0.39, 0.29) is 11.8 Å². The van der Waals surface area contributed by atoms with Gasteiger partial charge < -0.3 is 15.4 Å². The third kappa shape index (κ3) is 23.0. The minimum atomic E-state index is -0.115. The van der Waals surface area contributed by atoms with Gasteiger partial charge >= 0.3 is 0 Å². The fourth-order valence-electron chi connectivity index (χ4n) is 5.86. The average Bonchev–Trinajstić information content (AvgIpc) is 3.05. The molecule has 0 saturated heterocycles. The second-order valence-electron chi connectivity index (χ2n) is 13.2. The van der Waals surface area contributed by atoms with Gasteiger partial charge in [-0.15, -0.1) is 0 Å². The van der Waals surface area contributed by atoms with Crippen molar-refractivity contribution in [2.24, 2.45) is 0 Å². The topological polar surface area (TPSA) is 67.4 Å². The zero-order valence-corrected chi connectivity index (χ0v) is 30.0. The van der Waals surface area contributed by atoms with Crippen molar-refractivity contribution in [1.82, 2.24) is 10.6 Å². The first-order valence-electron chi connectivity index (χ1n) is 19.5. The third-order valence-corrected chi connectivity index (χ3v) is 8.88. The summed E-state index contributed by atoms with van der Waals surface area (Å²) in [5.41, 5.74) is 1.08. The van der Waals surface area contributed by atoms with Crippen LogP contribution in [-0.2, 0) is 0 Å². The van der Waals surface area contributed by atoms with Crippen LogP contribution in [0.3, 0.4) is 0 Å². The van der Waals surface area contributed by atoms with E-state index < -0.39 is 0 Å². The highest BCUT2D eigenvalue weighted by Gasteiger charge is 2.16. The van der Waals surface area contributed by atoms with E-state index in [1.165, 1.54) is 128 Å². The first-order chi connectivity index (χ1) is 22.1. The van der Waals surface area contributed by atoms with Crippen LogP contribution in [0.1, 0.15) is 208 Å². The summed E-state index contributed by atoms with van der Waals surface area (Å²) < 4.78 is 6.16. The van der Waals surface area contributed by atoms with Crippen molar-refractivity contribution in [3.63, 3.8) is 0 Å². The molecule has 5 heteroatoms. The molecule has 1 aromatic rings. The van der Waals surface area contributed by atoms with Crippen LogP contribution in [0.5, 0.6) is 5.75 Å². The number of nitrogens with one attached hydrogen (secondary N) is 2. The van der Waals surface area contributed by atoms with Crippen LogP contribution in [0.15, 0.2) is 18.2 Å². The van der Waals surface area contributed by atoms with Crippen LogP contribution in [-0.4, -0.2) is 31.5 Å². The van der Waals surface area contributed by atoms with E-state index in [4.69, 9.17) is 4.74 Å². The van der Waals surface area contributed by atoms with E-state index in [9.17, 15) is 9.59 Å². The number of unbranched alkanes of at least 4 members (excludes halogenated alkanes) is 23. The van der Waals surface area contributed by atoms with Gasteiger partial charge in [0.05, 0.1) is 12.2 Å². The highest BCUT2D eigenvalue weighted by atomic mass is 16.5. The van der Waals surface area contributed by atoms with E-state index in [0.29, 0.717) is 36.6 Å². The van der Waals surface area contributed by atoms with Gasteiger partial charge in [0.15, 0.2) is 0 Å². The molecule has 45 heavy (non-hydrogen) atoms. The van der Waals surface area contributed by atoms with Gasteiger partial charge in [0, 0.05) is 18.7 Å². The van der Waals surface area contributed by atoms with Crippen molar-refractivity contribution in [3.05, 3.63) is 29.3 Å². The van der Waals surface area contributed by atoms with Crippen LogP contribution in [0.2, 0.25) is 0 Å². The molecule has 260 valence electrons. The summed E-state index contributed by atoms with van der Waals surface area (Å²) in [6, 6.07) is 5.27. The van der Waals surface area contributed by atoms with Crippen LogP contribution in [0, 0.1) is 0 Å². The number of hydrogen-bond donors (Lipinski definition) is 2. The first-order valence-corrected chi connectivity index (χ1v) is 19.5. The summed E-state index contributed by atoms with van der Waals surface area (Å²) in [4.78, 5) is 25.9. The molecule has 5 nitrogen and oxygen atoms in total. The second-order valence-corrected chi connectivity index (χ2v) is 13.2. The lowest BCUT2D eigenvalue weighted by atomic mass is 10.0. The van der Waals surface area contributed by atoms with Gasteiger partial charge in [0.2, 0.25) is 0 Å². The maximum Gasteiger partial charge on any atom is 0.255 e. The molecular formula is C40H72N2O3. The van der Waals surface area contributed by atoms with Crippen molar-refractivity contribution in [1.29, 1.82) is 0 Å². The number of amides is 2. The lowest BCUT2D eigenvalue weighted by Crippen LogP contribution is -2.26. The van der Waals surface area contributed by atoms with Crippen LogP contribution < -0.4 is 15.4 Å². The van der Waals surface area contributed by atoms with E-state index >= 15 is 0 Å². The Balaban J connectivity index is 2.38. The predicted molar refractivity (Wildman–Crippen MR) is 194 cm³/mol. The molecule has 0 atom stereocenters. The fourth-order valence-corrected chi connectivity index (χ4v) is 5.86. The van der Waals surface area contributed by atoms with E-state index in [1.807, 2.05) is 0 Å².